The zero-order valence-electron chi connectivity index (χ0n) is 31.5. The second-order valence-corrected chi connectivity index (χ2v) is 13.7. The number of Topliss-reactive ketones (excluding diaryl/α,β-unsaturated/α-hetero) is 2. The molecule has 55 heavy (non-hydrogen) atoms. The lowest BCUT2D eigenvalue weighted by atomic mass is 9.73. The summed E-state index contributed by atoms with van der Waals surface area (Å²) in [5.41, 5.74) is -7.33. The van der Waals surface area contributed by atoms with E-state index in [2.05, 4.69) is 30.9 Å². The lowest BCUT2D eigenvalue weighted by Gasteiger charge is -2.39. The minimum atomic E-state index is -3.95. The fourth-order valence-corrected chi connectivity index (χ4v) is 6.87. The van der Waals surface area contributed by atoms with Gasteiger partial charge in [-0.1, -0.05) is 79.7 Å². The molecule has 3 aromatic rings. The number of morpholine rings is 1. The molecule has 14 nitrogen and oxygen atoms in total. The van der Waals surface area contributed by atoms with Gasteiger partial charge >= 0.3 is 18.0 Å². The number of nitrogens with zero attached hydrogens (tertiary/aromatic N) is 3. The maximum absolute atomic E-state index is 12.7. The lowest BCUT2D eigenvalue weighted by molar-refractivity contribution is -0.187. The maximum atomic E-state index is 12.7. The van der Waals surface area contributed by atoms with Crippen molar-refractivity contribution in [2.45, 2.75) is 50.4 Å². The van der Waals surface area contributed by atoms with Crippen LogP contribution in [0.25, 0.3) is 0 Å². The predicted molar refractivity (Wildman–Crippen MR) is 202 cm³/mol. The Kier molecular flexibility index (Phi) is 15.1. The molecule has 2 aliphatic heterocycles. The first-order valence-electron chi connectivity index (χ1n) is 18.4. The smallest absolute Gasteiger partial charge is 0.348 e. The van der Waals surface area contributed by atoms with Crippen molar-refractivity contribution in [2.75, 3.05) is 59.6 Å². The summed E-state index contributed by atoms with van der Waals surface area (Å²) in [6.45, 7) is 11.3. The van der Waals surface area contributed by atoms with Gasteiger partial charge < -0.3 is 44.6 Å². The van der Waals surface area contributed by atoms with E-state index in [1.165, 1.54) is 42.0 Å². The molecule has 0 bridgehead atoms. The SMILES string of the molecule is CCN(CC1CCN(C(=O)N2CCOCC2)CC1)C(C)Cc1ccc(OC)cc1.O=C(O)C(O)(C(=O)c1ccccc1)C(O)(C(=O)O)C(=O)c1ccccc1. The third kappa shape index (κ3) is 9.94. The Bertz CT molecular complexity index is 1670. The first kappa shape index (κ1) is 42.6. The second kappa shape index (κ2) is 19.4. The van der Waals surface area contributed by atoms with Crippen molar-refractivity contribution in [3.05, 3.63) is 102 Å². The summed E-state index contributed by atoms with van der Waals surface area (Å²) >= 11 is 0. The van der Waals surface area contributed by atoms with Crippen molar-refractivity contribution in [1.29, 1.82) is 0 Å². The lowest BCUT2D eigenvalue weighted by Crippen LogP contribution is -2.71. The van der Waals surface area contributed by atoms with E-state index in [4.69, 9.17) is 9.47 Å². The molecule has 0 radical (unpaired) electrons. The molecule has 3 aromatic carbocycles. The Morgan fingerprint density at radius 3 is 1.64 bits per heavy atom. The number of carboxylic acids is 2. The molecule has 3 unspecified atom stereocenters. The quantitative estimate of drug-likeness (QED) is 0.138. The molecule has 296 valence electrons. The summed E-state index contributed by atoms with van der Waals surface area (Å²) in [6.07, 6.45) is 3.25. The predicted octanol–water partition coefficient (Wildman–Crippen LogP) is 3.50. The molecule has 0 saturated carbocycles. The van der Waals surface area contributed by atoms with Crippen LogP contribution >= 0.6 is 0 Å². The van der Waals surface area contributed by atoms with Crippen LogP contribution in [0.4, 0.5) is 4.79 Å². The summed E-state index contributed by atoms with van der Waals surface area (Å²) in [5, 5.41) is 39.9. The highest BCUT2D eigenvalue weighted by atomic mass is 16.5. The Balaban J connectivity index is 0.000000246. The average molecular weight is 762 g/mol. The number of ether oxygens (including phenoxy) is 2. The number of likely N-dealkylation sites (N-methyl/N-ethyl adjacent to an activating group) is 1. The number of carboxylic acid groups (broad SMARTS) is 2. The Morgan fingerprint density at radius 2 is 1.22 bits per heavy atom. The van der Waals surface area contributed by atoms with Crippen LogP contribution in [-0.2, 0) is 20.7 Å². The van der Waals surface area contributed by atoms with E-state index in [0.29, 0.717) is 25.2 Å². The van der Waals surface area contributed by atoms with Crippen LogP contribution < -0.4 is 4.74 Å². The molecule has 14 heteroatoms. The number of rotatable bonds is 14. The van der Waals surface area contributed by atoms with E-state index in [1.54, 1.807) is 7.11 Å². The first-order chi connectivity index (χ1) is 26.3. The molecule has 3 atom stereocenters. The molecule has 2 heterocycles. The van der Waals surface area contributed by atoms with E-state index in [0.717, 1.165) is 88.5 Å². The molecule has 2 aliphatic rings. The third-order valence-corrected chi connectivity index (χ3v) is 10.3. The Hall–Kier alpha value is -5.15. The molecule has 0 aromatic heterocycles. The van der Waals surface area contributed by atoms with Crippen LogP contribution in [0.15, 0.2) is 84.9 Å². The van der Waals surface area contributed by atoms with Gasteiger partial charge in [-0.2, -0.15) is 0 Å². The molecular weight excluding hydrogens is 710 g/mol. The normalized spacial score (nSPS) is 17.5. The molecule has 2 amide bonds. The van der Waals surface area contributed by atoms with Crippen molar-refractivity contribution in [1.82, 2.24) is 14.7 Å². The van der Waals surface area contributed by atoms with Crippen LogP contribution in [0.1, 0.15) is 53.0 Å². The van der Waals surface area contributed by atoms with Crippen molar-refractivity contribution >= 4 is 29.5 Å². The monoisotopic (exact) mass is 761 g/mol. The average Bonchev–Trinajstić information content (AvgIpc) is 3.22. The number of benzene rings is 3. The highest BCUT2D eigenvalue weighted by Crippen LogP contribution is 2.32. The summed E-state index contributed by atoms with van der Waals surface area (Å²) in [4.78, 5) is 67.8. The minimum Gasteiger partial charge on any atom is -0.497 e. The summed E-state index contributed by atoms with van der Waals surface area (Å²) in [7, 11) is 1.70. The molecule has 2 saturated heterocycles. The second-order valence-electron chi connectivity index (χ2n) is 13.7. The summed E-state index contributed by atoms with van der Waals surface area (Å²) in [6, 6.07) is 21.9. The number of aliphatic hydroxyl groups is 2. The van der Waals surface area contributed by atoms with Crippen LogP contribution in [0.3, 0.4) is 0 Å². The van der Waals surface area contributed by atoms with E-state index >= 15 is 0 Å². The van der Waals surface area contributed by atoms with Crippen molar-refractivity contribution in [3.8, 4) is 5.75 Å². The molecule has 0 aliphatic carbocycles. The molecule has 2 fully saturated rings. The number of hydrogen-bond donors (Lipinski definition) is 4. The van der Waals surface area contributed by atoms with Gasteiger partial charge in [-0.15, -0.1) is 0 Å². The van der Waals surface area contributed by atoms with Gasteiger partial charge in [0.15, 0.2) is 0 Å². The highest BCUT2D eigenvalue weighted by Gasteiger charge is 2.69. The zero-order valence-corrected chi connectivity index (χ0v) is 31.5. The van der Waals surface area contributed by atoms with Crippen LogP contribution in [-0.4, -0.2) is 141 Å². The number of ketones is 2. The van der Waals surface area contributed by atoms with Gasteiger partial charge in [-0.3, -0.25) is 9.59 Å². The fourth-order valence-electron chi connectivity index (χ4n) is 6.87. The van der Waals surface area contributed by atoms with Gasteiger partial charge in [0.2, 0.25) is 11.6 Å². The molecule has 5 rings (SSSR count). The highest BCUT2D eigenvalue weighted by molar-refractivity contribution is 6.28. The van der Waals surface area contributed by atoms with Gasteiger partial charge in [0.1, 0.15) is 5.75 Å². The van der Waals surface area contributed by atoms with Crippen LogP contribution in [0.2, 0.25) is 0 Å². The van der Waals surface area contributed by atoms with Gasteiger partial charge in [0, 0.05) is 49.9 Å². The standard InChI is InChI=1S/C23H37N3O3.C18H14O8/c1-4-24(19(2)17-20-5-7-22(28-3)8-6-20)18-21-9-11-25(12-10-21)23(27)26-13-15-29-16-14-26;19-13(11-7-3-1-4-8-11)17(25,15(21)22)18(26,16(23)24)14(20)12-9-5-2-6-10-12/h5-8,19,21H,4,9-18H2,1-3H3;1-10,25-26H,(H,21,22)(H,23,24). The van der Waals surface area contributed by atoms with Gasteiger partial charge in [0.25, 0.3) is 11.2 Å². The number of hydrogen-bond acceptors (Lipinski definition) is 10. The van der Waals surface area contributed by atoms with Crippen molar-refractivity contribution in [3.63, 3.8) is 0 Å². The summed E-state index contributed by atoms with van der Waals surface area (Å²) < 4.78 is 10.6. The van der Waals surface area contributed by atoms with E-state index in [9.17, 15) is 44.4 Å². The zero-order chi connectivity index (χ0) is 40.2. The fraction of sp³-hybridized carbons (Fsp3) is 0.439. The Labute approximate surface area is 320 Å². The topological polar surface area (TPSA) is 194 Å². The number of aliphatic carboxylic acids is 2. The van der Waals surface area contributed by atoms with Crippen LogP contribution in [0.5, 0.6) is 5.75 Å². The van der Waals surface area contributed by atoms with Crippen molar-refractivity contribution in [2.24, 2.45) is 5.92 Å². The van der Waals surface area contributed by atoms with E-state index in [1.807, 2.05) is 21.9 Å². The maximum Gasteiger partial charge on any atom is 0.348 e. The van der Waals surface area contributed by atoms with E-state index in [-0.39, 0.29) is 6.03 Å². The van der Waals surface area contributed by atoms with Crippen LogP contribution in [0, 0.1) is 5.92 Å². The number of carbonyl (C=O) groups excluding carboxylic acids is 3. The number of amides is 2. The number of piperidine rings is 1. The van der Waals surface area contributed by atoms with Crippen molar-refractivity contribution < 1.29 is 53.9 Å². The number of urea groups is 1. The van der Waals surface area contributed by atoms with Gasteiger partial charge in [-0.25, -0.2) is 14.4 Å². The third-order valence-electron chi connectivity index (χ3n) is 10.3. The minimum absolute atomic E-state index is 0.201. The Morgan fingerprint density at radius 1 is 0.764 bits per heavy atom. The first-order valence-corrected chi connectivity index (χ1v) is 18.4. The molecular formula is C41H51N3O11. The number of likely N-dealkylation sites (tertiary alicyclic amines) is 1. The number of methoxy groups -OCH3 is 1. The van der Waals surface area contributed by atoms with E-state index < -0.39 is 45.8 Å². The van der Waals surface area contributed by atoms with Gasteiger partial charge in [0.05, 0.1) is 20.3 Å². The molecule has 4 N–H and O–H groups in total. The largest absolute Gasteiger partial charge is 0.497 e. The summed E-state index contributed by atoms with van der Waals surface area (Å²) in [5.74, 6) is -6.45. The molecule has 0 spiro atoms. The van der Waals surface area contributed by atoms with Gasteiger partial charge in [-0.05, 0) is 56.3 Å². The number of carbonyl (C=O) groups is 5.